The fourth-order valence-electron chi connectivity index (χ4n) is 2.44. The van der Waals surface area contributed by atoms with E-state index in [4.69, 9.17) is 4.52 Å². The molecule has 1 N–H and O–H groups in total. The Morgan fingerprint density at radius 2 is 2.24 bits per heavy atom. The van der Waals surface area contributed by atoms with Crippen LogP contribution in [0.2, 0.25) is 0 Å². The Bertz CT molecular complexity index is 531. The van der Waals surface area contributed by atoms with E-state index in [-0.39, 0.29) is 29.0 Å². The molecule has 0 aliphatic carbocycles. The standard InChI is InChI=1S/C15H23N3O3/c1-5-10-6-12(21-17-10)14(20)16-11-7-13(19)18(8-11)9-15(2,3)4/h6,11H,5,7-9H2,1-4H3,(H,16,20)/t11-/m1/s1. The van der Waals surface area contributed by atoms with Crippen LogP contribution in [-0.4, -0.2) is 41.0 Å². The van der Waals surface area contributed by atoms with E-state index in [1.54, 1.807) is 6.07 Å². The summed E-state index contributed by atoms with van der Waals surface area (Å²) in [5.41, 5.74) is 0.798. The Morgan fingerprint density at radius 1 is 1.52 bits per heavy atom. The smallest absolute Gasteiger partial charge is 0.290 e. The van der Waals surface area contributed by atoms with Crippen LogP contribution in [-0.2, 0) is 11.2 Å². The molecule has 0 aromatic carbocycles. The molecule has 1 saturated heterocycles. The lowest BCUT2D eigenvalue weighted by atomic mass is 9.96. The van der Waals surface area contributed by atoms with E-state index in [1.165, 1.54) is 0 Å². The highest BCUT2D eigenvalue weighted by Crippen LogP contribution is 2.20. The SMILES string of the molecule is CCc1cc(C(=O)N[C@@H]2CC(=O)N(CC(C)(C)C)C2)on1. The minimum Gasteiger partial charge on any atom is -0.351 e. The molecule has 116 valence electrons. The van der Waals surface area contributed by atoms with Crippen molar-refractivity contribution in [3.8, 4) is 0 Å². The minimum absolute atomic E-state index is 0.0511. The van der Waals surface area contributed by atoms with Crippen molar-refractivity contribution in [2.24, 2.45) is 5.41 Å². The molecule has 2 heterocycles. The number of hydrogen-bond acceptors (Lipinski definition) is 4. The molecule has 0 saturated carbocycles. The molecule has 6 nitrogen and oxygen atoms in total. The summed E-state index contributed by atoms with van der Waals surface area (Å²) in [5.74, 6) is -0.0202. The third-order valence-corrected chi connectivity index (χ3v) is 3.36. The van der Waals surface area contributed by atoms with Gasteiger partial charge in [0.25, 0.3) is 5.91 Å². The number of rotatable bonds is 4. The maximum atomic E-state index is 12.1. The van der Waals surface area contributed by atoms with Crippen LogP contribution >= 0.6 is 0 Å². The number of nitrogens with zero attached hydrogens (tertiary/aromatic N) is 2. The zero-order valence-electron chi connectivity index (χ0n) is 13.1. The first kappa shape index (κ1) is 15.5. The Morgan fingerprint density at radius 3 is 2.81 bits per heavy atom. The summed E-state index contributed by atoms with van der Waals surface area (Å²) < 4.78 is 5.00. The largest absolute Gasteiger partial charge is 0.351 e. The van der Waals surface area contributed by atoms with E-state index in [0.29, 0.717) is 19.5 Å². The van der Waals surface area contributed by atoms with E-state index in [9.17, 15) is 9.59 Å². The molecule has 21 heavy (non-hydrogen) atoms. The van der Waals surface area contributed by atoms with Gasteiger partial charge in [-0.15, -0.1) is 0 Å². The normalized spacial score (nSPS) is 19.1. The first-order valence-electron chi connectivity index (χ1n) is 7.32. The van der Waals surface area contributed by atoms with Gasteiger partial charge in [-0.25, -0.2) is 0 Å². The number of likely N-dealkylation sites (tertiary alicyclic amines) is 1. The number of amides is 2. The van der Waals surface area contributed by atoms with E-state index in [1.807, 2.05) is 11.8 Å². The van der Waals surface area contributed by atoms with Crippen LogP contribution in [0.3, 0.4) is 0 Å². The third kappa shape index (κ3) is 4.06. The number of nitrogens with one attached hydrogen (secondary N) is 1. The second-order valence-electron chi connectivity index (χ2n) is 6.75. The van der Waals surface area contributed by atoms with Crippen LogP contribution in [0.4, 0.5) is 0 Å². The fourth-order valence-corrected chi connectivity index (χ4v) is 2.44. The van der Waals surface area contributed by atoms with Gasteiger partial charge in [-0.3, -0.25) is 9.59 Å². The van der Waals surface area contributed by atoms with Gasteiger partial charge in [0.1, 0.15) is 0 Å². The van der Waals surface area contributed by atoms with Gasteiger partial charge in [0.05, 0.1) is 11.7 Å². The molecular weight excluding hydrogens is 270 g/mol. The van der Waals surface area contributed by atoms with Crippen LogP contribution < -0.4 is 5.32 Å². The highest BCUT2D eigenvalue weighted by atomic mass is 16.5. The van der Waals surface area contributed by atoms with Crippen molar-refractivity contribution in [1.29, 1.82) is 0 Å². The predicted octanol–water partition coefficient (Wildman–Crippen LogP) is 1.61. The van der Waals surface area contributed by atoms with Crippen molar-refractivity contribution in [2.75, 3.05) is 13.1 Å². The first-order valence-corrected chi connectivity index (χ1v) is 7.32. The third-order valence-electron chi connectivity index (χ3n) is 3.36. The second kappa shape index (κ2) is 5.87. The van der Waals surface area contributed by atoms with Crippen molar-refractivity contribution in [3.05, 3.63) is 17.5 Å². The van der Waals surface area contributed by atoms with E-state index in [2.05, 4.69) is 31.2 Å². The minimum atomic E-state index is -0.308. The number of aromatic nitrogens is 1. The lowest BCUT2D eigenvalue weighted by Crippen LogP contribution is -2.39. The Hall–Kier alpha value is -1.85. The molecule has 1 aliphatic rings. The van der Waals surface area contributed by atoms with E-state index < -0.39 is 0 Å². The number of carbonyl (C=O) groups excluding carboxylic acids is 2. The van der Waals surface area contributed by atoms with Gasteiger partial charge in [-0.1, -0.05) is 32.9 Å². The Kier molecular flexibility index (Phi) is 4.34. The second-order valence-corrected chi connectivity index (χ2v) is 6.75. The molecule has 2 rings (SSSR count). The quantitative estimate of drug-likeness (QED) is 0.915. The summed E-state index contributed by atoms with van der Waals surface area (Å²) in [5, 5.41) is 6.64. The average molecular weight is 293 g/mol. The van der Waals surface area contributed by atoms with E-state index in [0.717, 1.165) is 12.1 Å². The van der Waals surface area contributed by atoms with Gasteiger partial charge < -0.3 is 14.7 Å². The monoisotopic (exact) mass is 293 g/mol. The lowest BCUT2D eigenvalue weighted by molar-refractivity contribution is -0.128. The van der Waals surface area contributed by atoms with Crippen LogP contribution in [0, 0.1) is 5.41 Å². The highest BCUT2D eigenvalue weighted by molar-refractivity contribution is 5.92. The van der Waals surface area contributed by atoms with Crippen molar-refractivity contribution in [2.45, 2.75) is 46.6 Å². The molecule has 1 aromatic rings. The van der Waals surface area contributed by atoms with Gasteiger partial charge in [-0.2, -0.15) is 0 Å². The highest BCUT2D eigenvalue weighted by Gasteiger charge is 2.33. The van der Waals surface area contributed by atoms with Crippen molar-refractivity contribution >= 4 is 11.8 Å². The Labute approximate surface area is 124 Å². The summed E-state index contributed by atoms with van der Waals surface area (Å²) >= 11 is 0. The molecule has 0 bridgehead atoms. The molecule has 1 fully saturated rings. The summed E-state index contributed by atoms with van der Waals surface area (Å²) in [6.45, 7) is 9.46. The predicted molar refractivity (Wildman–Crippen MR) is 77.8 cm³/mol. The van der Waals surface area contributed by atoms with Crippen LogP contribution in [0.15, 0.2) is 10.6 Å². The molecule has 2 amide bonds. The van der Waals surface area contributed by atoms with Crippen LogP contribution in [0.25, 0.3) is 0 Å². The van der Waals surface area contributed by atoms with Gasteiger partial charge in [0.2, 0.25) is 11.7 Å². The molecule has 0 spiro atoms. The molecule has 0 unspecified atom stereocenters. The molecule has 1 aliphatic heterocycles. The summed E-state index contributed by atoms with van der Waals surface area (Å²) in [6, 6.07) is 1.47. The van der Waals surface area contributed by atoms with Gasteiger partial charge in [0.15, 0.2) is 0 Å². The summed E-state index contributed by atoms with van der Waals surface area (Å²) in [7, 11) is 0. The van der Waals surface area contributed by atoms with Gasteiger partial charge in [-0.05, 0) is 11.8 Å². The molecule has 6 heteroatoms. The number of hydrogen-bond donors (Lipinski definition) is 1. The van der Waals surface area contributed by atoms with Crippen molar-refractivity contribution in [1.82, 2.24) is 15.4 Å². The van der Waals surface area contributed by atoms with Gasteiger partial charge >= 0.3 is 0 Å². The molecule has 1 aromatic heterocycles. The summed E-state index contributed by atoms with van der Waals surface area (Å²) in [4.78, 5) is 25.8. The zero-order chi connectivity index (χ0) is 15.6. The number of carbonyl (C=O) groups is 2. The van der Waals surface area contributed by atoms with Crippen LogP contribution in [0.5, 0.6) is 0 Å². The molecular formula is C15H23N3O3. The Balaban J connectivity index is 1.92. The first-order chi connectivity index (χ1) is 9.78. The topological polar surface area (TPSA) is 75.4 Å². The average Bonchev–Trinajstić information content (AvgIpc) is 2.95. The maximum Gasteiger partial charge on any atom is 0.290 e. The maximum absolute atomic E-state index is 12.1. The fraction of sp³-hybridized carbons (Fsp3) is 0.667. The lowest BCUT2D eigenvalue weighted by Gasteiger charge is -2.26. The van der Waals surface area contributed by atoms with Crippen LogP contribution in [0.1, 0.15) is 50.4 Å². The summed E-state index contributed by atoms with van der Waals surface area (Å²) in [6.07, 6.45) is 1.06. The molecule has 1 atom stereocenters. The van der Waals surface area contributed by atoms with Gasteiger partial charge in [0, 0.05) is 25.6 Å². The van der Waals surface area contributed by atoms with E-state index >= 15 is 0 Å². The zero-order valence-corrected chi connectivity index (χ0v) is 13.1. The molecule has 0 radical (unpaired) electrons. The number of aryl methyl sites for hydroxylation is 1. The van der Waals surface area contributed by atoms with Crippen molar-refractivity contribution in [3.63, 3.8) is 0 Å². The van der Waals surface area contributed by atoms with Crippen molar-refractivity contribution < 1.29 is 14.1 Å².